The zero-order valence-electron chi connectivity index (χ0n) is 10.4. The quantitative estimate of drug-likeness (QED) is 0.758. The van der Waals surface area contributed by atoms with Gasteiger partial charge in [0.1, 0.15) is 0 Å². The highest BCUT2D eigenvalue weighted by Gasteiger charge is 2.19. The highest BCUT2D eigenvalue weighted by Crippen LogP contribution is 2.34. The van der Waals surface area contributed by atoms with Crippen LogP contribution >= 0.6 is 0 Å². The molecule has 0 spiro atoms. The highest BCUT2D eigenvalue weighted by atomic mass is 16.5. The third kappa shape index (κ3) is 2.06. The van der Waals surface area contributed by atoms with Crippen LogP contribution in [0, 0.1) is 6.92 Å². The molecule has 0 amide bonds. The SMILES string of the molecule is Cc1ccc(-c2c(N)noc2-c2ncccn2)cc1. The Labute approximate surface area is 110 Å². The first-order valence-corrected chi connectivity index (χ1v) is 5.85. The van der Waals surface area contributed by atoms with Gasteiger partial charge >= 0.3 is 0 Å². The van der Waals surface area contributed by atoms with Gasteiger partial charge in [0.2, 0.25) is 5.76 Å². The van der Waals surface area contributed by atoms with Gasteiger partial charge in [-0.15, -0.1) is 0 Å². The maximum atomic E-state index is 5.89. The van der Waals surface area contributed by atoms with E-state index in [1.807, 2.05) is 31.2 Å². The lowest BCUT2D eigenvalue weighted by atomic mass is 10.0. The molecule has 1 aromatic carbocycles. The molecule has 2 heterocycles. The third-order valence-electron chi connectivity index (χ3n) is 2.83. The van der Waals surface area contributed by atoms with Crippen molar-refractivity contribution in [2.75, 3.05) is 5.73 Å². The fraction of sp³-hybridized carbons (Fsp3) is 0.0714. The van der Waals surface area contributed by atoms with Crippen LogP contribution in [0.4, 0.5) is 5.82 Å². The van der Waals surface area contributed by atoms with Crippen molar-refractivity contribution in [2.45, 2.75) is 6.92 Å². The first kappa shape index (κ1) is 11.4. The van der Waals surface area contributed by atoms with Gasteiger partial charge in [0.25, 0.3) is 0 Å². The molecule has 5 nitrogen and oxygen atoms in total. The van der Waals surface area contributed by atoms with Crippen molar-refractivity contribution < 1.29 is 4.52 Å². The van der Waals surface area contributed by atoms with E-state index in [0.717, 1.165) is 11.1 Å². The first-order chi connectivity index (χ1) is 9.25. The molecule has 0 aliphatic rings. The van der Waals surface area contributed by atoms with Gasteiger partial charge in [-0.25, -0.2) is 9.97 Å². The molecular weight excluding hydrogens is 240 g/mol. The Balaban J connectivity index is 2.17. The van der Waals surface area contributed by atoms with E-state index < -0.39 is 0 Å². The summed E-state index contributed by atoms with van der Waals surface area (Å²) in [5.74, 6) is 1.30. The van der Waals surface area contributed by atoms with E-state index >= 15 is 0 Å². The summed E-state index contributed by atoms with van der Waals surface area (Å²) >= 11 is 0. The maximum Gasteiger partial charge on any atom is 0.214 e. The number of benzene rings is 1. The molecule has 0 saturated carbocycles. The minimum atomic E-state index is 0.339. The third-order valence-corrected chi connectivity index (χ3v) is 2.83. The van der Waals surface area contributed by atoms with E-state index in [-0.39, 0.29) is 0 Å². The molecule has 0 bridgehead atoms. The number of hydrogen-bond donors (Lipinski definition) is 1. The lowest BCUT2D eigenvalue weighted by Crippen LogP contribution is -1.91. The van der Waals surface area contributed by atoms with E-state index in [4.69, 9.17) is 10.3 Å². The standard InChI is InChI=1S/C14H12N4O/c1-9-3-5-10(6-4-9)11-12(19-18-13(11)15)14-16-7-2-8-17-14/h2-8H,1H3,(H2,15,18). The van der Waals surface area contributed by atoms with Crippen molar-refractivity contribution in [3.63, 3.8) is 0 Å². The number of nitrogen functional groups attached to an aromatic ring is 1. The van der Waals surface area contributed by atoms with E-state index in [0.29, 0.717) is 17.4 Å². The van der Waals surface area contributed by atoms with Crippen molar-refractivity contribution in [3.8, 4) is 22.7 Å². The highest BCUT2D eigenvalue weighted by molar-refractivity contribution is 5.84. The maximum absolute atomic E-state index is 5.89. The van der Waals surface area contributed by atoms with Crippen LogP contribution in [0.15, 0.2) is 47.2 Å². The second-order valence-corrected chi connectivity index (χ2v) is 4.21. The van der Waals surface area contributed by atoms with Gasteiger partial charge in [-0.1, -0.05) is 35.0 Å². The Morgan fingerprint density at radius 3 is 2.42 bits per heavy atom. The van der Waals surface area contributed by atoms with Crippen LogP contribution in [-0.4, -0.2) is 15.1 Å². The minimum absolute atomic E-state index is 0.339. The number of nitrogens with two attached hydrogens (primary N) is 1. The topological polar surface area (TPSA) is 77.8 Å². The first-order valence-electron chi connectivity index (χ1n) is 5.85. The van der Waals surface area contributed by atoms with Crippen molar-refractivity contribution in [2.24, 2.45) is 0 Å². The summed E-state index contributed by atoms with van der Waals surface area (Å²) in [4.78, 5) is 8.33. The fourth-order valence-corrected chi connectivity index (χ4v) is 1.87. The zero-order valence-corrected chi connectivity index (χ0v) is 10.4. The summed E-state index contributed by atoms with van der Waals surface area (Å²) in [5, 5.41) is 3.81. The summed E-state index contributed by atoms with van der Waals surface area (Å²) in [6, 6.07) is 9.72. The van der Waals surface area contributed by atoms with E-state index in [1.165, 1.54) is 5.56 Å². The van der Waals surface area contributed by atoms with Crippen molar-refractivity contribution in [1.29, 1.82) is 0 Å². The van der Waals surface area contributed by atoms with Crippen LogP contribution in [0.5, 0.6) is 0 Å². The summed E-state index contributed by atoms with van der Waals surface area (Å²) in [7, 11) is 0. The van der Waals surface area contributed by atoms with Crippen molar-refractivity contribution in [1.82, 2.24) is 15.1 Å². The molecule has 0 atom stereocenters. The molecule has 2 aromatic heterocycles. The van der Waals surface area contributed by atoms with Crippen LogP contribution < -0.4 is 5.73 Å². The van der Waals surface area contributed by atoms with Gasteiger partial charge in [0.05, 0.1) is 5.56 Å². The van der Waals surface area contributed by atoms with Crippen LogP contribution in [0.2, 0.25) is 0 Å². The molecule has 3 rings (SSSR count). The zero-order chi connectivity index (χ0) is 13.2. The average molecular weight is 252 g/mol. The number of rotatable bonds is 2. The van der Waals surface area contributed by atoms with Gasteiger partial charge in [0, 0.05) is 12.4 Å². The Morgan fingerprint density at radius 2 is 1.74 bits per heavy atom. The van der Waals surface area contributed by atoms with Crippen LogP contribution in [0.1, 0.15) is 5.56 Å². The number of nitrogens with zero attached hydrogens (tertiary/aromatic N) is 3. The lowest BCUT2D eigenvalue weighted by Gasteiger charge is -2.02. The average Bonchev–Trinajstić information content (AvgIpc) is 2.83. The van der Waals surface area contributed by atoms with E-state index in [1.54, 1.807) is 18.5 Å². The second-order valence-electron chi connectivity index (χ2n) is 4.21. The summed E-state index contributed by atoms with van der Waals surface area (Å²) < 4.78 is 5.27. The molecule has 94 valence electrons. The minimum Gasteiger partial charge on any atom is -0.380 e. The Bertz CT molecular complexity index is 689. The number of anilines is 1. The van der Waals surface area contributed by atoms with E-state index in [9.17, 15) is 0 Å². The van der Waals surface area contributed by atoms with E-state index in [2.05, 4.69) is 15.1 Å². The molecular formula is C14H12N4O. The Kier molecular flexibility index (Phi) is 2.72. The van der Waals surface area contributed by atoms with Gasteiger partial charge in [-0.2, -0.15) is 0 Å². The molecule has 0 aliphatic heterocycles. The second kappa shape index (κ2) is 4.53. The van der Waals surface area contributed by atoms with Crippen LogP contribution in [-0.2, 0) is 0 Å². The molecule has 19 heavy (non-hydrogen) atoms. The molecule has 0 aliphatic carbocycles. The Morgan fingerprint density at radius 1 is 1.05 bits per heavy atom. The number of aromatic nitrogens is 3. The van der Waals surface area contributed by atoms with Crippen molar-refractivity contribution >= 4 is 5.82 Å². The van der Waals surface area contributed by atoms with Crippen LogP contribution in [0.3, 0.4) is 0 Å². The van der Waals surface area contributed by atoms with Gasteiger partial charge in [0.15, 0.2) is 11.6 Å². The predicted molar refractivity (Wildman–Crippen MR) is 72.1 cm³/mol. The molecule has 0 saturated heterocycles. The van der Waals surface area contributed by atoms with Crippen molar-refractivity contribution in [3.05, 3.63) is 48.3 Å². The molecule has 2 N–H and O–H groups in total. The number of aryl methyl sites for hydroxylation is 1. The summed E-state index contributed by atoms with van der Waals surface area (Å²) in [6.45, 7) is 2.03. The fourth-order valence-electron chi connectivity index (χ4n) is 1.87. The largest absolute Gasteiger partial charge is 0.380 e. The number of hydrogen-bond acceptors (Lipinski definition) is 5. The Hall–Kier alpha value is -2.69. The van der Waals surface area contributed by atoms with Gasteiger partial charge in [-0.3, -0.25) is 0 Å². The summed E-state index contributed by atoms with van der Waals surface area (Å²) in [6.07, 6.45) is 3.31. The molecule has 3 aromatic rings. The predicted octanol–water partition coefficient (Wildman–Crippen LogP) is 2.69. The summed E-state index contributed by atoms with van der Waals surface area (Å²) in [5.41, 5.74) is 8.73. The molecule has 0 unspecified atom stereocenters. The van der Waals surface area contributed by atoms with Gasteiger partial charge in [-0.05, 0) is 18.6 Å². The smallest absolute Gasteiger partial charge is 0.214 e. The molecule has 0 radical (unpaired) electrons. The molecule has 5 heteroatoms. The monoisotopic (exact) mass is 252 g/mol. The lowest BCUT2D eigenvalue weighted by molar-refractivity contribution is 0.433. The van der Waals surface area contributed by atoms with Crippen LogP contribution in [0.25, 0.3) is 22.7 Å². The van der Waals surface area contributed by atoms with Gasteiger partial charge < -0.3 is 10.3 Å². The molecule has 0 fully saturated rings. The normalized spacial score (nSPS) is 10.6.